The van der Waals surface area contributed by atoms with E-state index in [1.54, 1.807) is 0 Å². The van der Waals surface area contributed by atoms with Crippen molar-refractivity contribution >= 4 is 11.7 Å². The third-order valence-electron chi connectivity index (χ3n) is 9.21. The van der Waals surface area contributed by atoms with Crippen LogP contribution in [-0.2, 0) is 4.79 Å². The molecule has 3 aliphatic heterocycles. The molecule has 3 saturated heterocycles. The molecule has 1 aliphatic carbocycles. The van der Waals surface area contributed by atoms with E-state index in [2.05, 4.69) is 47.9 Å². The fraction of sp³-hybridized carbons (Fsp3) is 0.833. The summed E-state index contributed by atoms with van der Waals surface area (Å²) in [6.45, 7) is 16.8. The lowest BCUT2D eigenvalue weighted by Gasteiger charge is -2.42. The lowest BCUT2D eigenvalue weighted by Crippen LogP contribution is -2.56. The second kappa shape index (κ2) is 12.8. The number of piperazine rings is 1. The van der Waals surface area contributed by atoms with Crippen molar-refractivity contribution in [3.8, 4) is 0 Å². The molecule has 0 amide bonds. The van der Waals surface area contributed by atoms with E-state index in [-0.39, 0.29) is 5.92 Å². The number of hydrogen-bond donors (Lipinski definition) is 0. The van der Waals surface area contributed by atoms with Crippen molar-refractivity contribution in [3.63, 3.8) is 0 Å². The van der Waals surface area contributed by atoms with Gasteiger partial charge >= 0.3 is 0 Å². The zero-order chi connectivity index (χ0) is 25.7. The molecule has 6 heteroatoms. The lowest BCUT2D eigenvalue weighted by atomic mass is 9.83. The number of hydrogen-bond acceptors (Lipinski definition) is 6. The van der Waals surface area contributed by atoms with Crippen LogP contribution in [0, 0.1) is 11.8 Å². The molecular weight excluding hydrogens is 446 g/mol. The van der Waals surface area contributed by atoms with Crippen LogP contribution in [0.15, 0.2) is 12.4 Å². The molecule has 1 aromatic rings. The molecule has 2 unspecified atom stereocenters. The molecule has 202 valence electrons. The van der Waals surface area contributed by atoms with Gasteiger partial charge in [-0.25, -0.2) is 9.97 Å². The molecule has 1 aromatic heterocycles. The number of fused-ring (bicyclic) bond motifs is 2. The van der Waals surface area contributed by atoms with Crippen LogP contribution in [0.5, 0.6) is 0 Å². The minimum Gasteiger partial charge on any atom is -0.332 e. The molecule has 4 heterocycles. The van der Waals surface area contributed by atoms with E-state index in [1.807, 2.05) is 13.8 Å². The normalized spacial score (nSPS) is 26.4. The smallest absolute Gasteiger partial charge is 0.225 e. The first kappa shape index (κ1) is 27.5. The zero-order valence-electron chi connectivity index (χ0n) is 23.7. The Balaban J connectivity index is 0.000000233. The lowest BCUT2D eigenvalue weighted by molar-refractivity contribution is -0.126. The minimum absolute atomic E-state index is 0.248. The van der Waals surface area contributed by atoms with Gasteiger partial charge in [-0.15, -0.1) is 0 Å². The van der Waals surface area contributed by atoms with E-state index in [0.29, 0.717) is 35.7 Å². The molecule has 5 rings (SSSR count). The van der Waals surface area contributed by atoms with Gasteiger partial charge in [0.25, 0.3) is 0 Å². The summed E-state index contributed by atoms with van der Waals surface area (Å²) in [4.78, 5) is 28.8. The summed E-state index contributed by atoms with van der Waals surface area (Å²) >= 11 is 0. The van der Waals surface area contributed by atoms with E-state index in [4.69, 9.17) is 9.97 Å². The molecule has 6 nitrogen and oxygen atoms in total. The van der Waals surface area contributed by atoms with Crippen LogP contribution in [0.4, 0.5) is 5.95 Å². The Morgan fingerprint density at radius 1 is 0.889 bits per heavy atom. The minimum atomic E-state index is 0.248. The maximum absolute atomic E-state index is 11.5. The number of piperidine rings is 1. The van der Waals surface area contributed by atoms with Gasteiger partial charge in [0.15, 0.2) is 0 Å². The third-order valence-corrected chi connectivity index (χ3v) is 9.21. The van der Waals surface area contributed by atoms with Gasteiger partial charge < -0.3 is 9.80 Å². The first-order chi connectivity index (χ1) is 17.4. The van der Waals surface area contributed by atoms with Crippen molar-refractivity contribution in [2.45, 2.75) is 116 Å². The number of likely N-dealkylation sites (tertiary alicyclic amines) is 2. The van der Waals surface area contributed by atoms with Crippen molar-refractivity contribution in [1.82, 2.24) is 19.8 Å². The van der Waals surface area contributed by atoms with Crippen LogP contribution in [-0.4, -0.2) is 76.4 Å². The predicted molar refractivity (Wildman–Crippen MR) is 149 cm³/mol. The number of nitrogens with zero attached hydrogens (tertiary/aromatic N) is 5. The van der Waals surface area contributed by atoms with Gasteiger partial charge in [0, 0.05) is 55.4 Å². The number of aromatic nitrogens is 2. The molecule has 0 N–H and O–H groups in total. The number of Topliss-reactive ketones (excluding diaryl/α,β-unsaturated/α-hetero) is 1. The van der Waals surface area contributed by atoms with Gasteiger partial charge in [-0.1, -0.05) is 40.0 Å². The van der Waals surface area contributed by atoms with E-state index < -0.39 is 0 Å². The molecule has 36 heavy (non-hydrogen) atoms. The Bertz CT molecular complexity index is 797. The van der Waals surface area contributed by atoms with Crippen LogP contribution in [0.2, 0.25) is 0 Å². The monoisotopic (exact) mass is 497 g/mol. The highest BCUT2D eigenvalue weighted by Crippen LogP contribution is 2.34. The van der Waals surface area contributed by atoms with Crippen molar-refractivity contribution in [3.05, 3.63) is 18.0 Å². The maximum Gasteiger partial charge on any atom is 0.225 e. The Morgan fingerprint density at radius 2 is 1.47 bits per heavy atom. The van der Waals surface area contributed by atoms with Gasteiger partial charge in [-0.3, -0.25) is 9.69 Å². The van der Waals surface area contributed by atoms with Gasteiger partial charge in [-0.05, 0) is 83.5 Å². The van der Waals surface area contributed by atoms with E-state index in [1.165, 1.54) is 70.1 Å². The van der Waals surface area contributed by atoms with Crippen molar-refractivity contribution in [2.24, 2.45) is 11.8 Å². The van der Waals surface area contributed by atoms with E-state index in [0.717, 1.165) is 31.9 Å². The van der Waals surface area contributed by atoms with E-state index >= 15 is 0 Å². The van der Waals surface area contributed by atoms with Crippen LogP contribution in [0.3, 0.4) is 0 Å². The summed E-state index contributed by atoms with van der Waals surface area (Å²) in [5, 5.41) is 0. The summed E-state index contributed by atoms with van der Waals surface area (Å²) in [7, 11) is 0. The number of rotatable bonds is 6. The molecule has 0 radical (unpaired) electrons. The fourth-order valence-corrected chi connectivity index (χ4v) is 6.80. The second-order valence-electron chi connectivity index (χ2n) is 12.3. The van der Waals surface area contributed by atoms with Crippen LogP contribution in [0.1, 0.15) is 104 Å². The number of carbonyl (C=O) groups excluding carboxylic acids is 1. The Labute approximate surface area is 220 Å². The molecule has 4 aliphatic rings. The second-order valence-corrected chi connectivity index (χ2v) is 12.3. The van der Waals surface area contributed by atoms with Crippen molar-refractivity contribution < 1.29 is 4.79 Å². The van der Waals surface area contributed by atoms with Crippen LogP contribution in [0.25, 0.3) is 0 Å². The Morgan fingerprint density at radius 3 is 1.97 bits per heavy atom. The number of anilines is 1. The zero-order valence-corrected chi connectivity index (χ0v) is 23.7. The molecule has 0 spiro atoms. The summed E-state index contributed by atoms with van der Waals surface area (Å²) in [5.41, 5.74) is 1.34. The quantitative estimate of drug-likeness (QED) is 0.515. The summed E-state index contributed by atoms with van der Waals surface area (Å²) in [6.07, 6.45) is 15.5. The number of carbonyl (C=O) groups is 1. The van der Waals surface area contributed by atoms with Gasteiger partial charge in [-0.2, -0.15) is 0 Å². The maximum atomic E-state index is 11.5. The predicted octanol–water partition coefficient (Wildman–Crippen LogP) is 5.53. The van der Waals surface area contributed by atoms with Crippen molar-refractivity contribution in [1.29, 1.82) is 0 Å². The van der Waals surface area contributed by atoms with Gasteiger partial charge in [0.1, 0.15) is 5.78 Å². The van der Waals surface area contributed by atoms with Crippen molar-refractivity contribution in [2.75, 3.05) is 37.6 Å². The molecule has 1 saturated carbocycles. The molecule has 2 bridgehead atoms. The average molecular weight is 498 g/mol. The highest BCUT2D eigenvalue weighted by molar-refractivity contribution is 5.82. The average Bonchev–Trinajstić information content (AvgIpc) is 3.17. The Hall–Kier alpha value is -1.53. The first-order valence-electron chi connectivity index (χ1n) is 15.0. The third kappa shape index (κ3) is 6.66. The molecule has 0 aromatic carbocycles. The van der Waals surface area contributed by atoms with Gasteiger partial charge in [0.2, 0.25) is 5.95 Å². The first-order valence-corrected chi connectivity index (χ1v) is 15.0. The molecule has 2 atom stereocenters. The van der Waals surface area contributed by atoms with E-state index in [9.17, 15) is 4.79 Å². The van der Waals surface area contributed by atoms with Crippen LogP contribution < -0.4 is 4.90 Å². The summed E-state index contributed by atoms with van der Waals surface area (Å²) in [5.74, 6) is 2.75. The molecular formula is C30H51N5O. The topological polar surface area (TPSA) is 52.6 Å². The number of ketones is 1. The SMILES string of the molecule is CC(C)C(=O)C1CCCCC1.CCN1CCC(c2cnc(N3C4CCC3CN(C(C)C)C4)nc2)CC1. The summed E-state index contributed by atoms with van der Waals surface area (Å²) < 4.78 is 0. The largest absolute Gasteiger partial charge is 0.332 e. The molecule has 4 fully saturated rings. The van der Waals surface area contributed by atoms with Gasteiger partial charge in [0.05, 0.1) is 0 Å². The highest BCUT2D eigenvalue weighted by Gasteiger charge is 2.41. The summed E-state index contributed by atoms with van der Waals surface area (Å²) in [6, 6.07) is 1.84. The fourth-order valence-electron chi connectivity index (χ4n) is 6.80. The van der Waals surface area contributed by atoms with Crippen LogP contribution >= 0.6 is 0 Å². The highest BCUT2D eigenvalue weighted by atomic mass is 16.1. The standard InChI is InChI=1S/C20H33N5.C10H18O/c1-4-23-9-7-16(8-10-23)17-11-21-20(22-12-17)25-18-5-6-19(25)14-24(13-18)15(2)3;1-8(2)10(11)9-6-4-3-5-7-9/h11-12,15-16,18-19H,4-10,13-14H2,1-3H3;8-9H,3-7H2,1-2H3. The Kier molecular flexibility index (Phi) is 9.79.